The van der Waals surface area contributed by atoms with Gasteiger partial charge in [0.05, 0.1) is 11.4 Å². The summed E-state index contributed by atoms with van der Waals surface area (Å²) in [5.41, 5.74) is 1.54. The Bertz CT molecular complexity index is 560. The predicted molar refractivity (Wildman–Crippen MR) is 62.4 cm³/mol. The minimum Gasteiger partial charge on any atom is -0.481 e. The van der Waals surface area contributed by atoms with Crippen molar-refractivity contribution in [2.24, 2.45) is 0 Å². The minimum atomic E-state index is -0.861. The molecule has 0 aliphatic carbocycles. The second-order valence-corrected chi connectivity index (χ2v) is 3.67. The number of hydrogen-bond donors (Lipinski definition) is 2. The van der Waals surface area contributed by atoms with Crippen LogP contribution in [0.25, 0.3) is 17.1 Å². The van der Waals surface area contributed by atoms with Crippen LogP contribution in [0.15, 0.2) is 24.5 Å². The van der Waals surface area contributed by atoms with Crippen LogP contribution in [0.5, 0.6) is 0 Å². The van der Waals surface area contributed by atoms with Gasteiger partial charge < -0.3 is 10.1 Å². The van der Waals surface area contributed by atoms with E-state index < -0.39 is 5.97 Å². The van der Waals surface area contributed by atoms with Gasteiger partial charge in [0, 0.05) is 23.3 Å². The highest BCUT2D eigenvalue weighted by molar-refractivity contribution is 6.35. The van der Waals surface area contributed by atoms with E-state index in [9.17, 15) is 4.79 Å². The van der Waals surface area contributed by atoms with Crippen LogP contribution in [0, 0.1) is 0 Å². The summed E-state index contributed by atoms with van der Waals surface area (Å²) in [4.78, 5) is 17.4. The summed E-state index contributed by atoms with van der Waals surface area (Å²) in [6.07, 6.45) is 6.66. The second kappa shape index (κ2) is 4.37. The summed E-state index contributed by atoms with van der Waals surface area (Å²) in [6, 6.07) is 1.70. The fourth-order valence-corrected chi connectivity index (χ4v) is 1.71. The quantitative estimate of drug-likeness (QED) is 0.861. The van der Waals surface area contributed by atoms with E-state index in [1.54, 1.807) is 30.6 Å². The predicted octanol–water partition coefficient (Wildman–Crippen LogP) is 2.70. The highest BCUT2D eigenvalue weighted by atomic mass is 35.5. The molecule has 2 aromatic rings. The van der Waals surface area contributed by atoms with Gasteiger partial charge in [-0.15, -0.1) is 0 Å². The Morgan fingerprint density at radius 3 is 3.19 bits per heavy atom. The highest BCUT2D eigenvalue weighted by Gasteiger charge is 2.05. The van der Waals surface area contributed by atoms with Gasteiger partial charge in [0.2, 0.25) is 0 Å². The number of fused-ring (bicyclic) bond motifs is 1. The lowest BCUT2D eigenvalue weighted by atomic mass is 10.2. The topological polar surface area (TPSA) is 66.0 Å². The number of halogens is 1. The SMILES string of the molecule is O=C(O)CC=Cc1c[nH]c2nccc(Cl)c12. The first kappa shape index (κ1) is 10.7. The zero-order valence-corrected chi connectivity index (χ0v) is 9.03. The number of hydrogen-bond acceptors (Lipinski definition) is 2. The molecule has 0 amide bonds. The first-order valence-electron chi connectivity index (χ1n) is 4.68. The zero-order valence-electron chi connectivity index (χ0n) is 8.27. The molecule has 0 saturated carbocycles. The van der Waals surface area contributed by atoms with E-state index in [1.165, 1.54) is 0 Å². The van der Waals surface area contributed by atoms with Crippen molar-refractivity contribution in [3.63, 3.8) is 0 Å². The first-order valence-corrected chi connectivity index (χ1v) is 5.06. The van der Waals surface area contributed by atoms with Gasteiger partial charge in [0.15, 0.2) is 0 Å². The molecule has 0 unspecified atom stereocenters. The molecule has 2 aromatic heterocycles. The number of nitrogens with zero attached hydrogens (tertiary/aromatic N) is 1. The molecule has 0 aliphatic rings. The lowest BCUT2D eigenvalue weighted by Gasteiger charge is -1.94. The molecule has 5 heteroatoms. The molecule has 4 nitrogen and oxygen atoms in total. The van der Waals surface area contributed by atoms with Crippen molar-refractivity contribution in [1.82, 2.24) is 9.97 Å². The number of carboxylic acid groups (broad SMARTS) is 1. The van der Waals surface area contributed by atoms with Crippen molar-refractivity contribution in [3.05, 3.63) is 35.1 Å². The van der Waals surface area contributed by atoms with Crippen LogP contribution in [0.1, 0.15) is 12.0 Å². The summed E-state index contributed by atoms with van der Waals surface area (Å²) in [5, 5.41) is 9.92. The molecule has 0 fully saturated rings. The Hall–Kier alpha value is -1.81. The first-order chi connectivity index (χ1) is 7.68. The zero-order chi connectivity index (χ0) is 11.5. The van der Waals surface area contributed by atoms with Gasteiger partial charge in [0.1, 0.15) is 5.65 Å². The summed E-state index contributed by atoms with van der Waals surface area (Å²) in [5.74, 6) is -0.861. The summed E-state index contributed by atoms with van der Waals surface area (Å²) < 4.78 is 0. The van der Waals surface area contributed by atoms with Gasteiger partial charge >= 0.3 is 5.97 Å². The molecule has 0 saturated heterocycles. The average Bonchev–Trinajstić information content (AvgIpc) is 2.62. The Kier molecular flexibility index (Phi) is 2.92. The molecule has 2 N–H and O–H groups in total. The van der Waals surface area contributed by atoms with Crippen molar-refractivity contribution in [2.75, 3.05) is 0 Å². The maximum Gasteiger partial charge on any atom is 0.307 e. The lowest BCUT2D eigenvalue weighted by molar-refractivity contribution is -0.135. The average molecular weight is 237 g/mol. The van der Waals surface area contributed by atoms with E-state index in [4.69, 9.17) is 16.7 Å². The van der Waals surface area contributed by atoms with Gasteiger partial charge in [-0.3, -0.25) is 4.79 Å². The lowest BCUT2D eigenvalue weighted by Crippen LogP contribution is -1.89. The number of pyridine rings is 1. The molecule has 2 heterocycles. The molecule has 0 bridgehead atoms. The third-order valence-corrected chi connectivity index (χ3v) is 2.46. The largest absolute Gasteiger partial charge is 0.481 e. The molecule has 0 radical (unpaired) electrons. The smallest absolute Gasteiger partial charge is 0.307 e. The molecular formula is C11H9ClN2O2. The van der Waals surface area contributed by atoms with Crippen molar-refractivity contribution in [3.8, 4) is 0 Å². The molecule has 0 aromatic carbocycles. The maximum absolute atomic E-state index is 10.4. The van der Waals surface area contributed by atoms with Crippen LogP contribution < -0.4 is 0 Å². The Morgan fingerprint density at radius 1 is 1.62 bits per heavy atom. The van der Waals surface area contributed by atoms with Crippen LogP contribution in [0.2, 0.25) is 5.02 Å². The van der Waals surface area contributed by atoms with E-state index >= 15 is 0 Å². The van der Waals surface area contributed by atoms with E-state index in [2.05, 4.69) is 9.97 Å². The van der Waals surface area contributed by atoms with Crippen LogP contribution >= 0.6 is 11.6 Å². The molecule has 0 spiro atoms. The number of carbonyl (C=O) groups is 1. The molecule has 0 aliphatic heterocycles. The van der Waals surface area contributed by atoms with Gasteiger partial charge in [-0.25, -0.2) is 4.98 Å². The molecule has 0 atom stereocenters. The van der Waals surface area contributed by atoms with Gasteiger partial charge in [-0.05, 0) is 6.07 Å². The van der Waals surface area contributed by atoms with Crippen LogP contribution in [-0.2, 0) is 4.79 Å². The fraction of sp³-hybridized carbons (Fsp3) is 0.0909. The van der Waals surface area contributed by atoms with E-state index in [0.717, 1.165) is 10.9 Å². The van der Waals surface area contributed by atoms with E-state index in [1.807, 2.05) is 0 Å². The number of aromatic nitrogens is 2. The maximum atomic E-state index is 10.4. The number of aliphatic carboxylic acids is 1. The second-order valence-electron chi connectivity index (χ2n) is 3.26. The normalized spacial score (nSPS) is 11.3. The van der Waals surface area contributed by atoms with Crippen molar-refractivity contribution >= 4 is 34.7 Å². The summed E-state index contributed by atoms with van der Waals surface area (Å²) in [7, 11) is 0. The van der Waals surface area contributed by atoms with Crippen LogP contribution in [-0.4, -0.2) is 21.0 Å². The molecular weight excluding hydrogens is 228 g/mol. The van der Waals surface area contributed by atoms with E-state index in [-0.39, 0.29) is 6.42 Å². The van der Waals surface area contributed by atoms with Crippen LogP contribution in [0.4, 0.5) is 0 Å². The summed E-state index contributed by atoms with van der Waals surface area (Å²) in [6.45, 7) is 0. The standard InChI is InChI=1S/C11H9ClN2O2/c12-8-4-5-13-11-10(8)7(6-14-11)2-1-3-9(15)16/h1-2,4-6H,3H2,(H,13,14)(H,15,16). The molecule has 82 valence electrons. The highest BCUT2D eigenvalue weighted by Crippen LogP contribution is 2.25. The Balaban J connectivity index is 2.38. The van der Waals surface area contributed by atoms with Gasteiger partial charge in [-0.1, -0.05) is 23.8 Å². The van der Waals surface area contributed by atoms with Gasteiger partial charge in [-0.2, -0.15) is 0 Å². The molecule has 16 heavy (non-hydrogen) atoms. The molecule has 2 rings (SSSR count). The fourth-order valence-electron chi connectivity index (χ4n) is 1.46. The van der Waals surface area contributed by atoms with Crippen LogP contribution in [0.3, 0.4) is 0 Å². The number of aromatic amines is 1. The minimum absolute atomic E-state index is 0.00937. The Labute approximate surface area is 96.6 Å². The number of carboxylic acids is 1. The van der Waals surface area contributed by atoms with E-state index in [0.29, 0.717) is 10.7 Å². The van der Waals surface area contributed by atoms with Crippen molar-refractivity contribution < 1.29 is 9.90 Å². The summed E-state index contributed by atoms with van der Waals surface area (Å²) >= 11 is 6.03. The van der Waals surface area contributed by atoms with Gasteiger partial charge in [0.25, 0.3) is 0 Å². The number of H-pyrrole nitrogens is 1. The monoisotopic (exact) mass is 236 g/mol. The van der Waals surface area contributed by atoms with Crippen molar-refractivity contribution in [1.29, 1.82) is 0 Å². The Morgan fingerprint density at radius 2 is 2.44 bits per heavy atom. The number of nitrogens with one attached hydrogen (secondary N) is 1. The number of rotatable bonds is 3. The van der Waals surface area contributed by atoms with Crippen molar-refractivity contribution in [2.45, 2.75) is 6.42 Å². The third-order valence-electron chi connectivity index (χ3n) is 2.14. The third kappa shape index (κ3) is 2.06.